The number of hydrogen-bond donors (Lipinski definition) is 0. The van der Waals surface area contributed by atoms with Crippen molar-refractivity contribution in [2.75, 3.05) is 7.11 Å². The van der Waals surface area contributed by atoms with Crippen LogP contribution in [-0.2, 0) is 0 Å². The molecule has 0 aliphatic rings. The number of hydrogen-bond acceptors (Lipinski definition) is 5. The van der Waals surface area contributed by atoms with E-state index in [0.29, 0.717) is 12.1 Å². The van der Waals surface area contributed by atoms with Crippen LogP contribution in [0.15, 0.2) is 28.8 Å². The Labute approximate surface area is 85.7 Å². The van der Waals surface area contributed by atoms with Crippen LogP contribution in [0, 0.1) is 0 Å². The molecule has 0 saturated carbocycles. The highest BCUT2D eigenvalue weighted by atomic mass is 16.5. The number of aromatic nitrogens is 2. The van der Waals surface area contributed by atoms with Gasteiger partial charge in [0.15, 0.2) is 0 Å². The highest BCUT2D eigenvalue weighted by molar-refractivity contribution is 5.69. The minimum absolute atomic E-state index is 0.0270. The fourth-order valence-corrected chi connectivity index (χ4v) is 1.14. The Morgan fingerprint density at radius 3 is 2.60 bits per heavy atom. The van der Waals surface area contributed by atoms with Crippen LogP contribution in [0.1, 0.15) is 10.7 Å². The van der Waals surface area contributed by atoms with Gasteiger partial charge in [-0.25, -0.2) is 0 Å². The van der Waals surface area contributed by atoms with Gasteiger partial charge in [-0.2, -0.15) is 4.98 Å². The molecule has 0 bridgehead atoms. The van der Waals surface area contributed by atoms with Crippen LogP contribution in [-0.4, -0.2) is 23.5 Å². The maximum Gasteiger partial charge on any atom is 0.291 e. The number of carbonyl (C=O) groups is 1. The average molecular weight is 204 g/mol. The molecule has 5 nitrogen and oxygen atoms in total. The molecule has 15 heavy (non-hydrogen) atoms. The lowest BCUT2D eigenvalue weighted by molar-refractivity contribution is 0.108. The molecule has 0 fully saturated rings. The van der Waals surface area contributed by atoms with E-state index in [1.165, 1.54) is 0 Å². The zero-order valence-corrected chi connectivity index (χ0v) is 8.01. The fraction of sp³-hybridized carbons (Fsp3) is 0.100. The van der Waals surface area contributed by atoms with Gasteiger partial charge in [0, 0.05) is 5.56 Å². The predicted molar refractivity (Wildman–Crippen MR) is 51.7 cm³/mol. The molecular weight excluding hydrogens is 196 g/mol. The van der Waals surface area contributed by atoms with Crippen molar-refractivity contribution in [3.63, 3.8) is 0 Å². The summed E-state index contributed by atoms with van der Waals surface area (Å²) in [4.78, 5) is 14.2. The first kappa shape index (κ1) is 9.39. The second-order valence-electron chi connectivity index (χ2n) is 2.80. The van der Waals surface area contributed by atoms with E-state index in [2.05, 4.69) is 14.7 Å². The summed E-state index contributed by atoms with van der Waals surface area (Å²) in [5.74, 6) is 1.11. The molecule has 0 aliphatic heterocycles. The van der Waals surface area contributed by atoms with E-state index < -0.39 is 0 Å². The molecule has 1 aromatic heterocycles. The first-order valence-corrected chi connectivity index (χ1v) is 4.27. The molecule has 0 atom stereocenters. The second kappa shape index (κ2) is 3.91. The van der Waals surface area contributed by atoms with Gasteiger partial charge in [-0.3, -0.25) is 4.79 Å². The number of rotatable bonds is 3. The van der Waals surface area contributed by atoms with Gasteiger partial charge in [-0.1, -0.05) is 5.16 Å². The fourth-order valence-electron chi connectivity index (χ4n) is 1.14. The first-order chi connectivity index (χ1) is 7.33. The molecule has 0 saturated heterocycles. The standard InChI is InChI=1S/C10H8N2O3/c1-14-8-4-2-7(3-5-8)10-11-9(6-13)15-12-10/h2-6H,1H3. The zero-order chi connectivity index (χ0) is 10.7. The molecule has 2 aromatic rings. The van der Waals surface area contributed by atoms with Crippen LogP contribution in [0.5, 0.6) is 5.75 Å². The van der Waals surface area contributed by atoms with Gasteiger partial charge in [0.2, 0.25) is 12.1 Å². The minimum atomic E-state index is -0.0270. The van der Waals surface area contributed by atoms with E-state index >= 15 is 0 Å². The Balaban J connectivity index is 2.32. The van der Waals surface area contributed by atoms with Crippen LogP contribution in [0.2, 0.25) is 0 Å². The van der Waals surface area contributed by atoms with Gasteiger partial charge in [0.25, 0.3) is 5.89 Å². The maximum absolute atomic E-state index is 10.3. The summed E-state index contributed by atoms with van der Waals surface area (Å²) in [6, 6.07) is 7.15. The van der Waals surface area contributed by atoms with E-state index in [9.17, 15) is 4.79 Å². The number of ether oxygens (including phenoxy) is 1. The molecule has 0 radical (unpaired) electrons. The topological polar surface area (TPSA) is 65.2 Å². The number of benzene rings is 1. The number of methoxy groups -OCH3 is 1. The van der Waals surface area contributed by atoms with Crippen molar-refractivity contribution >= 4 is 6.29 Å². The molecule has 1 heterocycles. The summed E-state index contributed by atoms with van der Waals surface area (Å²) in [6.07, 6.45) is 0.514. The van der Waals surface area contributed by atoms with Crippen LogP contribution in [0.4, 0.5) is 0 Å². The maximum atomic E-state index is 10.3. The van der Waals surface area contributed by atoms with Crippen LogP contribution < -0.4 is 4.74 Å². The lowest BCUT2D eigenvalue weighted by Gasteiger charge is -1.98. The Hall–Kier alpha value is -2.17. The van der Waals surface area contributed by atoms with Crippen LogP contribution >= 0.6 is 0 Å². The summed E-state index contributed by atoms with van der Waals surface area (Å²) in [6.45, 7) is 0. The summed E-state index contributed by atoms with van der Waals surface area (Å²) in [7, 11) is 1.59. The third-order valence-electron chi connectivity index (χ3n) is 1.89. The molecular formula is C10H8N2O3. The Kier molecular flexibility index (Phi) is 2.45. The second-order valence-corrected chi connectivity index (χ2v) is 2.80. The van der Waals surface area contributed by atoms with E-state index in [0.717, 1.165) is 11.3 Å². The SMILES string of the molecule is COc1ccc(-c2noc(C=O)n2)cc1. The number of aldehydes is 1. The number of carbonyl (C=O) groups excluding carboxylic acids is 1. The summed E-state index contributed by atoms with van der Waals surface area (Å²) in [5, 5.41) is 3.65. The highest BCUT2D eigenvalue weighted by Crippen LogP contribution is 2.19. The quantitative estimate of drug-likeness (QED) is 0.710. The molecule has 0 N–H and O–H groups in total. The van der Waals surface area contributed by atoms with Gasteiger partial charge in [0.05, 0.1) is 7.11 Å². The van der Waals surface area contributed by atoms with Crippen molar-refractivity contribution < 1.29 is 14.1 Å². The largest absolute Gasteiger partial charge is 0.497 e. The van der Waals surface area contributed by atoms with Gasteiger partial charge >= 0.3 is 0 Å². The molecule has 0 unspecified atom stereocenters. The van der Waals surface area contributed by atoms with Crippen molar-refractivity contribution in [3.8, 4) is 17.1 Å². The van der Waals surface area contributed by atoms with Crippen molar-refractivity contribution in [2.45, 2.75) is 0 Å². The summed E-state index contributed by atoms with van der Waals surface area (Å²) in [5.41, 5.74) is 0.771. The third-order valence-corrected chi connectivity index (χ3v) is 1.89. The van der Waals surface area contributed by atoms with Crippen molar-refractivity contribution in [1.82, 2.24) is 10.1 Å². The van der Waals surface area contributed by atoms with Crippen molar-refractivity contribution in [1.29, 1.82) is 0 Å². The van der Waals surface area contributed by atoms with E-state index in [-0.39, 0.29) is 5.89 Å². The third kappa shape index (κ3) is 1.85. The highest BCUT2D eigenvalue weighted by Gasteiger charge is 2.07. The first-order valence-electron chi connectivity index (χ1n) is 4.27. The molecule has 1 aromatic carbocycles. The van der Waals surface area contributed by atoms with Crippen LogP contribution in [0.3, 0.4) is 0 Å². The van der Waals surface area contributed by atoms with Crippen LogP contribution in [0.25, 0.3) is 11.4 Å². The normalized spacial score (nSPS) is 9.93. The van der Waals surface area contributed by atoms with E-state index in [1.54, 1.807) is 31.4 Å². The monoisotopic (exact) mass is 204 g/mol. The van der Waals surface area contributed by atoms with Gasteiger partial charge < -0.3 is 9.26 Å². The Morgan fingerprint density at radius 2 is 2.07 bits per heavy atom. The van der Waals surface area contributed by atoms with Gasteiger partial charge in [0.1, 0.15) is 5.75 Å². The van der Waals surface area contributed by atoms with Crippen molar-refractivity contribution in [2.24, 2.45) is 0 Å². The molecule has 0 aliphatic carbocycles. The number of nitrogens with zero attached hydrogens (tertiary/aromatic N) is 2. The summed E-state index contributed by atoms with van der Waals surface area (Å²) >= 11 is 0. The molecule has 2 rings (SSSR count). The molecule has 76 valence electrons. The smallest absolute Gasteiger partial charge is 0.291 e. The predicted octanol–water partition coefficient (Wildman–Crippen LogP) is 1.56. The van der Waals surface area contributed by atoms with E-state index in [1.807, 2.05) is 0 Å². The Bertz CT molecular complexity index is 462. The summed E-state index contributed by atoms with van der Waals surface area (Å²) < 4.78 is 9.68. The lowest BCUT2D eigenvalue weighted by atomic mass is 10.2. The Morgan fingerprint density at radius 1 is 1.33 bits per heavy atom. The molecule has 0 amide bonds. The lowest BCUT2D eigenvalue weighted by Crippen LogP contribution is -1.84. The molecule has 5 heteroatoms. The molecule has 0 spiro atoms. The van der Waals surface area contributed by atoms with Gasteiger partial charge in [-0.05, 0) is 24.3 Å². The van der Waals surface area contributed by atoms with Crippen molar-refractivity contribution in [3.05, 3.63) is 30.2 Å². The zero-order valence-electron chi connectivity index (χ0n) is 8.01. The van der Waals surface area contributed by atoms with Gasteiger partial charge in [-0.15, -0.1) is 0 Å². The minimum Gasteiger partial charge on any atom is -0.497 e. The van der Waals surface area contributed by atoms with E-state index in [4.69, 9.17) is 4.74 Å². The average Bonchev–Trinajstić information content (AvgIpc) is 2.78.